The zero-order chi connectivity index (χ0) is 10.6. The Morgan fingerprint density at radius 2 is 2.21 bits per heavy atom. The second-order valence-corrected chi connectivity index (χ2v) is 3.69. The highest BCUT2D eigenvalue weighted by Crippen LogP contribution is 2.22. The molecule has 0 aliphatic rings. The fourth-order valence-corrected chi connectivity index (χ4v) is 1.65. The summed E-state index contributed by atoms with van der Waals surface area (Å²) in [6, 6.07) is 6.01. The summed E-state index contributed by atoms with van der Waals surface area (Å²) in [5, 5.41) is 0. The van der Waals surface area contributed by atoms with Gasteiger partial charge in [-0.3, -0.25) is 0 Å². The number of halogens is 1. The number of alkyl halides is 1. The highest BCUT2D eigenvalue weighted by molar-refractivity contribution is 6.17. The molecule has 14 heavy (non-hydrogen) atoms. The molecule has 1 aromatic carbocycles. The summed E-state index contributed by atoms with van der Waals surface area (Å²) in [5.41, 5.74) is 8.16. The molecule has 1 unspecified atom stereocenters. The highest BCUT2D eigenvalue weighted by atomic mass is 35.5. The molecule has 0 saturated carbocycles. The normalized spacial score (nSPS) is 12.6. The van der Waals surface area contributed by atoms with Crippen molar-refractivity contribution in [3.05, 3.63) is 29.3 Å². The van der Waals surface area contributed by atoms with Gasteiger partial charge in [0.1, 0.15) is 5.75 Å². The van der Waals surface area contributed by atoms with E-state index in [9.17, 15) is 0 Å². The lowest BCUT2D eigenvalue weighted by Crippen LogP contribution is -2.10. The van der Waals surface area contributed by atoms with Gasteiger partial charge in [-0.15, -0.1) is 11.6 Å². The molecule has 0 saturated heterocycles. The van der Waals surface area contributed by atoms with Gasteiger partial charge in [0.25, 0.3) is 0 Å². The van der Waals surface area contributed by atoms with Gasteiger partial charge < -0.3 is 10.5 Å². The number of hydrogen-bond acceptors (Lipinski definition) is 2. The van der Waals surface area contributed by atoms with Crippen LogP contribution in [0.1, 0.15) is 23.6 Å². The predicted octanol–water partition coefficient (Wildman–Crippen LogP) is 2.63. The van der Waals surface area contributed by atoms with Gasteiger partial charge in [-0.2, -0.15) is 0 Å². The molecule has 0 aliphatic heterocycles. The summed E-state index contributed by atoms with van der Waals surface area (Å²) >= 11 is 5.64. The number of rotatable bonds is 4. The van der Waals surface area contributed by atoms with Crippen LogP contribution >= 0.6 is 11.6 Å². The Balaban J connectivity index is 2.85. The zero-order valence-corrected chi connectivity index (χ0v) is 9.34. The van der Waals surface area contributed by atoms with Crippen LogP contribution in [0.2, 0.25) is 0 Å². The maximum Gasteiger partial charge on any atom is 0.121 e. The summed E-state index contributed by atoms with van der Waals surface area (Å²) in [7, 11) is 1.67. The fourth-order valence-electron chi connectivity index (χ4n) is 1.42. The Morgan fingerprint density at radius 3 is 2.71 bits per heavy atom. The second kappa shape index (κ2) is 5.23. The van der Waals surface area contributed by atoms with Gasteiger partial charge >= 0.3 is 0 Å². The molecule has 3 heteroatoms. The van der Waals surface area contributed by atoms with E-state index in [1.54, 1.807) is 7.11 Å². The minimum Gasteiger partial charge on any atom is -0.496 e. The summed E-state index contributed by atoms with van der Waals surface area (Å²) < 4.78 is 5.17. The molecular formula is C11H16ClNO. The largest absolute Gasteiger partial charge is 0.496 e. The summed E-state index contributed by atoms with van der Waals surface area (Å²) in [5.74, 6) is 1.48. The van der Waals surface area contributed by atoms with Gasteiger partial charge in [-0.1, -0.05) is 12.1 Å². The number of benzene rings is 1. The molecule has 2 N–H and O–H groups in total. The molecule has 0 aliphatic carbocycles. The third kappa shape index (κ3) is 2.63. The first-order valence-electron chi connectivity index (χ1n) is 4.65. The first-order valence-corrected chi connectivity index (χ1v) is 5.18. The number of hydrogen-bond donors (Lipinski definition) is 1. The lowest BCUT2D eigenvalue weighted by Gasteiger charge is -2.12. The summed E-state index contributed by atoms with van der Waals surface area (Å²) in [6.45, 7) is 2.01. The number of aryl methyl sites for hydroxylation is 1. The minimum absolute atomic E-state index is 0.0251. The van der Waals surface area contributed by atoms with Crippen molar-refractivity contribution in [3.63, 3.8) is 0 Å². The molecule has 0 spiro atoms. The van der Waals surface area contributed by atoms with Crippen molar-refractivity contribution in [1.29, 1.82) is 0 Å². The average Bonchev–Trinajstić information content (AvgIpc) is 2.18. The number of ether oxygens (including phenoxy) is 1. The van der Waals surface area contributed by atoms with Crippen LogP contribution in [0, 0.1) is 6.92 Å². The van der Waals surface area contributed by atoms with Crippen LogP contribution in [0.15, 0.2) is 18.2 Å². The molecule has 0 aromatic heterocycles. The molecule has 0 radical (unpaired) electrons. The van der Waals surface area contributed by atoms with Crippen LogP contribution in [0.5, 0.6) is 5.75 Å². The van der Waals surface area contributed by atoms with E-state index in [2.05, 4.69) is 6.07 Å². The predicted molar refractivity (Wildman–Crippen MR) is 60.0 cm³/mol. The van der Waals surface area contributed by atoms with Crippen molar-refractivity contribution in [2.45, 2.75) is 19.4 Å². The molecule has 0 fully saturated rings. The van der Waals surface area contributed by atoms with Gasteiger partial charge in [-0.25, -0.2) is 0 Å². The summed E-state index contributed by atoms with van der Waals surface area (Å²) in [6.07, 6.45) is 0.799. The van der Waals surface area contributed by atoms with Gasteiger partial charge in [0.05, 0.1) is 7.11 Å². The maximum absolute atomic E-state index is 5.94. The third-order valence-corrected chi connectivity index (χ3v) is 2.49. The van der Waals surface area contributed by atoms with Crippen molar-refractivity contribution >= 4 is 11.6 Å². The Hall–Kier alpha value is -0.730. The SMILES string of the molecule is COc1ccc(C(N)CCCl)cc1C. The van der Waals surface area contributed by atoms with E-state index in [0.29, 0.717) is 5.88 Å². The van der Waals surface area contributed by atoms with Gasteiger partial charge in [-0.05, 0) is 30.5 Å². The maximum atomic E-state index is 5.94. The van der Waals surface area contributed by atoms with Crippen LogP contribution in [0.4, 0.5) is 0 Å². The van der Waals surface area contributed by atoms with E-state index in [4.69, 9.17) is 22.1 Å². The topological polar surface area (TPSA) is 35.2 Å². The molecule has 1 aromatic rings. The van der Waals surface area contributed by atoms with Gasteiger partial charge in [0, 0.05) is 11.9 Å². The Bertz CT molecular complexity index is 301. The van der Waals surface area contributed by atoms with Crippen molar-refractivity contribution < 1.29 is 4.74 Å². The second-order valence-electron chi connectivity index (χ2n) is 3.31. The van der Waals surface area contributed by atoms with Crippen LogP contribution in [0.3, 0.4) is 0 Å². The lowest BCUT2D eigenvalue weighted by atomic mass is 10.0. The molecular weight excluding hydrogens is 198 g/mol. The van der Waals surface area contributed by atoms with E-state index < -0.39 is 0 Å². The van der Waals surface area contributed by atoms with Crippen molar-refractivity contribution in [2.75, 3.05) is 13.0 Å². The van der Waals surface area contributed by atoms with Crippen molar-refractivity contribution in [2.24, 2.45) is 5.73 Å². The number of nitrogens with two attached hydrogens (primary N) is 1. The smallest absolute Gasteiger partial charge is 0.121 e. The van der Waals surface area contributed by atoms with Crippen LogP contribution in [-0.2, 0) is 0 Å². The quantitative estimate of drug-likeness (QED) is 0.781. The van der Waals surface area contributed by atoms with Crippen LogP contribution < -0.4 is 10.5 Å². The fraction of sp³-hybridized carbons (Fsp3) is 0.455. The minimum atomic E-state index is 0.0251. The van der Waals surface area contributed by atoms with Crippen LogP contribution in [-0.4, -0.2) is 13.0 Å². The highest BCUT2D eigenvalue weighted by Gasteiger charge is 2.07. The van der Waals surface area contributed by atoms with E-state index in [1.807, 2.05) is 19.1 Å². The van der Waals surface area contributed by atoms with Crippen molar-refractivity contribution in [3.8, 4) is 5.75 Å². The van der Waals surface area contributed by atoms with Gasteiger partial charge in [0.15, 0.2) is 0 Å². The molecule has 2 nitrogen and oxygen atoms in total. The standard InChI is InChI=1S/C11H16ClNO/c1-8-7-9(10(13)5-6-12)3-4-11(8)14-2/h3-4,7,10H,5-6,13H2,1-2H3. The molecule has 1 atom stereocenters. The molecule has 78 valence electrons. The zero-order valence-electron chi connectivity index (χ0n) is 8.59. The first kappa shape index (κ1) is 11.3. The first-order chi connectivity index (χ1) is 6.69. The summed E-state index contributed by atoms with van der Waals surface area (Å²) in [4.78, 5) is 0. The van der Waals surface area contributed by atoms with E-state index >= 15 is 0 Å². The molecule has 0 heterocycles. The number of methoxy groups -OCH3 is 1. The Kier molecular flexibility index (Phi) is 4.23. The third-order valence-electron chi connectivity index (χ3n) is 2.27. The molecule has 0 bridgehead atoms. The monoisotopic (exact) mass is 213 g/mol. The van der Waals surface area contributed by atoms with Crippen LogP contribution in [0.25, 0.3) is 0 Å². The van der Waals surface area contributed by atoms with Crippen molar-refractivity contribution in [1.82, 2.24) is 0 Å². The van der Waals surface area contributed by atoms with E-state index in [1.165, 1.54) is 0 Å². The van der Waals surface area contributed by atoms with Gasteiger partial charge in [0.2, 0.25) is 0 Å². The Morgan fingerprint density at radius 1 is 1.50 bits per heavy atom. The lowest BCUT2D eigenvalue weighted by molar-refractivity contribution is 0.411. The van der Waals surface area contributed by atoms with E-state index in [0.717, 1.165) is 23.3 Å². The molecule has 0 amide bonds. The molecule has 1 rings (SSSR count). The average molecular weight is 214 g/mol. The Labute approximate surface area is 90.0 Å². The van der Waals surface area contributed by atoms with E-state index in [-0.39, 0.29) is 6.04 Å².